The summed E-state index contributed by atoms with van der Waals surface area (Å²) >= 11 is 0. The first-order valence-corrected chi connectivity index (χ1v) is 9.04. The van der Waals surface area contributed by atoms with Crippen molar-refractivity contribution in [2.75, 3.05) is 30.4 Å². The normalized spacial score (nSPS) is 10.3. The van der Waals surface area contributed by atoms with Gasteiger partial charge in [-0.3, -0.25) is 4.79 Å². The molecule has 4 heteroatoms. The SMILES string of the molecule is CN(C(=O)CNc1ccc(OCCc2ccccc2)cc1)c1ccccc1. The summed E-state index contributed by atoms with van der Waals surface area (Å²) in [6.07, 6.45) is 0.876. The number of hydrogen-bond donors (Lipinski definition) is 1. The minimum absolute atomic E-state index is 0.00406. The van der Waals surface area contributed by atoms with Crippen molar-refractivity contribution in [3.8, 4) is 5.75 Å². The van der Waals surface area contributed by atoms with E-state index in [1.165, 1.54) is 5.56 Å². The van der Waals surface area contributed by atoms with Gasteiger partial charge in [-0.05, 0) is 42.0 Å². The van der Waals surface area contributed by atoms with E-state index in [1.807, 2.05) is 72.8 Å². The van der Waals surface area contributed by atoms with Crippen LogP contribution >= 0.6 is 0 Å². The topological polar surface area (TPSA) is 41.6 Å². The van der Waals surface area contributed by atoms with Crippen LogP contribution in [0, 0.1) is 0 Å². The van der Waals surface area contributed by atoms with Gasteiger partial charge in [0.15, 0.2) is 0 Å². The maximum absolute atomic E-state index is 12.3. The van der Waals surface area contributed by atoms with Gasteiger partial charge in [0.1, 0.15) is 5.75 Å². The molecule has 0 unspecified atom stereocenters. The highest BCUT2D eigenvalue weighted by atomic mass is 16.5. The van der Waals surface area contributed by atoms with Crippen LogP contribution in [0.1, 0.15) is 5.56 Å². The minimum Gasteiger partial charge on any atom is -0.493 e. The number of likely N-dealkylation sites (N-methyl/N-ethyl adjacent to an activating group) is 1. The second kappa shape index (κ2) is 9.43. The summed E-state index contributed by atoms with van der Waals surface area (Å²) in [6.45, 7) is 0.872. The van der Waals surface area contributed by atoms with Crippen LogP contribution in [0.3, 0.4) is 0 Å². The number of ether oxygens (including phenoxy) is 1. The van der Waals surface area contributed by atoms with Crippen molar-refractivity contribution in [1.82, 2.24) is 0 Å². The van der Waals surface area contributed by atoms with Crippen molar-refractivity contribution in [2.24, 2.45) is 0 Å². The Labute approximate surface area is 160 Å². The number of nitrogens with zero attached hydrogens (tertiary/aromatic N) is 1. The van der Waals surface area contributed by atoms with Crippen LogP contribution in [0.5, 0.6) is 5.75 Å². The lowest BCUT2D eigenvalue weighted by Crippen LogP contribution is -2.32. The third kappa shape index (κ3) is 5.61. The van der Waals surface area contributed by atoms with E-state index in [9.17, 15) is 4.79 Å². The van der Waals surface area contributed by atoms with Gasteiger partial charge in [0, 0.05) is 24.8 Å². The van der Waals surface area contributed by atoms with Crippen molar-refractivity contribution >= 4 is 17.3 Å². The van der Waals surface area contributed by atoms with Crippen LogP contribution in [0.4, 0.5) is 11.4 Å². The predicted molar refractivity (Wildman–Crippen MR) is 110 cm³/mol. The molecule has 0 spiro atoms. The highest BCUT2D eigenvalue weighted by Crippen LogP contribution is 2.16. The summed E-state index contributed by atoms with van der Waals surface area (Å²) in [4.78, 5) is 13.9. The molecule has 3 rings (SSSR count). The van der Waals surface area contributed by atoms with Gasteiger partial charge in [0.25, 0.3) is 0 Å². The van der Waals surface area contributed by atoms with Crippen LogP contribution < -0.4 is 15.0 Å². The molecule has 0 aromatic heterocycles. The number of para-hydroxylation sites is 1. The average Bonchev–Trinajstić information content (AvgIpc) is 2.74. The molecule has 0 radical (unpaired) electrons. The predicted octanol–water partition coefficient (Wildman–Crippen LogP) is 4.38. The van der Waals surface area contributed by atoms with Gasteiger partial charge in [-0.15, -0.1) is 0 Å². The van der Waals surface area contributed by atoms with Crippen LogP contribution in [0.2, 0.25) is 0 Å². The van der Waals surface area contributed by atoms with Crippen LogP contribution in [-0.2, 0) is 11.2 Å². The van der Waals surface area contributed by atoms with Crippen molar-refractivity contribution in [2.45, 2.75) is 6.42 Å². The second-order valence-electron chi connectivity index (χ2n) is 6.25. The molecule has 138 valence electrons. The van der Waals surface area contributed by atoms with E-state index >= 15 is 0 Å². The Morgan fingerprint density at radius 3 is 2.19 bits per heavy atom. The number of hydrogen-bond acceptors (Lipinski definition) is 3. The zero-order valence-corrected chi connectivity index (χ0v) is 15.5. The summed E-state index contributed by atoms with van der Waals surface area (Å²) in [5.41, 5.74) is 3.03. The molecule has 3 aromatic carbocycles. The average molecular weight is 360 g/mol. The van der Waals surface area contributed by atoms with E-state index in [4.69, 9.17) is 4.74 Å². The Morgan fingerprint density at radius 1 is 0.889 bits per heavy atom. The molecule has 0 atom stereocenters. The van der Waals surface area contributed by atoms with Crippen LogP contribution in [0.25, 0.3) is 0 Å². The highest BCUT2D eigenvalue weighted by molar-refractivity contribution is 5.95. The fourth-order valence-electron chi connectivity index (χ4n) is 2.69. The summed E-state index contributed by atoms with van der Waals surface area (Å²) < 4.78 is 5.78. The summed E-state index contributed by atoms with van der Waals surface area (Å²) in [5, 5.41) is 3.16. The van der Waals surface area contributed by atoms with Crippen molar-refractivity contribution in [3.05, 3.63) is 90.5 Å². The fourth-order valence-corrected chi connectivity index (χ4v) is 2.69. The third-order valence-corrected chi connectivity index (χ3v) is 4.32. The van der Waals surface area contributed by atoms with Gasteiger partial charge in [-0.1, -0.05) is 48.5 Å². The largest absolute Gasteiger partial charge is 0.493 e. The quantitative estimate of drug-likeness (QED) is 0.648. The lowest BCUT2D eigenvalue weighted by atomic mass is 10.2. The van der Waals surface area contributed by atoms with Crippen molar-refractivity contribution in [3.63, 3.8) is 0 Å². The maximum Gasteiger partial charge on any atom is 0.246 e. The van der Waals surface area contributed by atoms with Gasteiger partial charge in [0.05, 0.1) is 13.2 Å². The van der Waals surface area contributed by atoms with Gasteiger partial charge in [0.2, 0.25) is 5.91 Å². The summed E-state index contributed by atoms with van der Waals surface area (Å²) in [5.74, 6) is 0.827. The molecule has 4 nitrogen and oxygen atoms in total. The number of carbonyl (C=O) groups excluding carboxylic acids is 1. The van der Waals surface area contributed by atoms with E-state index in [0.29, 0.717) is 6.61 Å². The molecular formula is C23H24N2O2. The highest BCUT2D eigenvalue weighted by Gasteiger charge is 2.10. The third-order valence-electron chi connectivity index (χ3n) is 4.32. The molecule has 1 amide bonds. The Morgan fingerprint density at radius 2 is 1.52 bits per heavy atom. The monoisotopic (exact) mass is 360 g/mol. The number of nitrogens with one attached hydrogen (secondary N) is 1. The number of anilines is 2. The molecule has 0 fully saturated rings. The van der Waals surface area contributed by atoms with Crippen LogP contribution in [-0.4, -0.2) is 26.1 Å². The fraction of sp³-hybridized carbons (Fsp3) is 0.174. The van der Waals surface area contributed by atoms with Gasteiger partial charge < -0.3 is 15.0 Å². The zero-order chi connectivity index (χ0) is 18.9. The van der Waals surface area contributed by atoms with Gasteiger partial charge in [-0.2, -0.15) is 0 Å². The molecule has 27 heavy (non-hydrogen) atoms. The van der Waals surface area contributed by atoms with Gasteiger partial charge >= 0.3 is 0 Å². The lowest BCUT2D eigenvalue weighted by Gasteiger charge is -2.18. The lowest BCUT2D eigenvalue weighted by molar-refractivity contribution is -0.116. The van der Waals surface area contributed by atoms with E-state index < -0.39 is 0 Å². The smallest absolute Gasteiger partial charge is 0.246 e. The van der Waals surface area contributed by atoms with Crippen molar-refractivity contribution in [1.29, 1.82) is 0 Å². The first kappa shape index (κ1) is 18.5. The van der Waals surface area contributed by atoms with Gasteiger partial charge in [-0.25, -0.2) is 0 Å². The first-order chi connectivity index (χ1) is 13.2. The Hall–Kier alpha value is -3.27. The van der Waals surface area contributed by atoms with E-state index in [0.717, 1.165) is 23.5 Å². The maximum atomic E-state index is 12.3. The van der Waals surface area contributed by atoms with Crippen molar-refractivity contribution < 1.29 is 9.53 Å². The molecule has 1 N–H and O–H groups in total. The summed E-state index contributed by atoms with van der Waals surface area (Å²) in [7, 11) is 1.78. The molecule has 0 aliphatic carbocycles. The number of rotatable bonds is 8. The van der Waals surface area contributed by atoms with Crippen LogP contribution in [0.15, 0.2) is 84.9 Å². The zero-order valence-electron chi connectivity index (χ0n) is 15.5. The Bertz CT molecular complexity index is 833. The minimum atomic E-state index is 0.00406. The molecule has 0 saturated carbocycles. The molecule has 0 heterocycles. The molecule has 3 aromatic rings. The molecule has 0 aliphatic heterocycles. The number of amides is 1. The molecular weight excluding hydrogens is 336 g/mol. The molecule has 0 bridgehead atoms. The Balaban J connectivity index is 1.44. The van der Waals surface area contributed by atoms with E-state index in [-0.39, 0.29) is 12.5 Å². The number of benzene rings is 3. The Kier molecular flexibility index (Phi) is 6.47. The summed E-state index contributed by atoms with van der Waals surface area (Å²) in [6, 6.07) is 27.6. The number of carbonyl (C=O) groups is 1. The van der Waals surface area contributed by atoms with E-state index in [1.54, 1.807) is 11.9 Å². The molecule has 0 saturated heterocycles. The van der Waals surface area contributed by atoms with E-state index in [2.05, 4.69) is 17.4 Å². The standard InChI is InChI=1S/C23H24N2O2/c1-25(21-10-6-3-7-11-21)23(26)18-24-20-12-14-22(15-13-20)27-17-16-19-8-4-2-5-9-19/h2-15,24H,16-18H2,1H3. The second-order valence-corrected chi connectivity index (χ2v) is 6.25. The first-order valence-electron chi connectivity index (χ1n) is 9.04. The molecule has 0 aliphatic rings.